The highest BCUT2D eigenvalue weighted by atomic mass is 16.2. The van der Waals surface area contributed by atoms with E-state index in [4.69, 9.17) is 0 Å². The lowest BCUT2D eigenvalue weighted by Crippen LogP contribution is -2.39. The van der Waals surface area contributed by atoms with E-state index in [0.717, 1.165) is 13.1 Å². The Hall–Kier alpha value is -0.830. The third kappa shape index (κ3) is 3.82. The molecule has 0 radical (unpaired) electrons. The van der Waals surface area contributed by atoms with Crippen LogP contribution in [0.1, 0.15) is 45.4 Å². The smallest absolute Gasteiger partial charge is 0.226 e. The second-order valence-electron chi connectivity index (χ2n) is 6.31. The Morgan fingerprint density at radius 3 is 2.47 bits per heavy atom. The van der Waals surface area contributed by atoms with Gasteiger partial charge in [0.2, 0.25) is 5.91 Å². The number of hydrogen-bond acceptors (Lipinski definition) is 2. The van der Waals surface area contributed by atoms with Crippen LogP contribution < -0.4 is 0 Å². The summed E-state index contributed by atoms with van der Waals surface area (Å²) in [5.41, 5.74) is 0.530. The predicted molar refractivity (Wildman–Crippen MR) is 79.0 cm³/mol. The number of carbonyl (C=O) groups excluding carboxylic acids is 1. The molecule has 0 atom stereocenters. The Morgan fingerprint density at radius 1 is 1.11 bits per heavy atom. The lowest BCUT2D eigenvalue weighted by atomic mass is 9.73. The van der Waals surface area contributed by atoms with Crippen molar-refractivity contribution in [2.75, 3.05) is 33.2 Å². The van der Waals surface area contributed by atoms with Crippen LogP contribution in [-0.4, -0.2) is 48.9 Å². The van der Waals surface area contributed by atoms with Crippen LogP contribution in [0.2, 0.25) is 0 Å². The van der Waals surface area contributed by atoms with Crippen LogP contribution >= 0.6 is 0 Å². The van der Waals surface area contributed by atoms with Crippen molar-refractivity contribution < 1.29 is 4.79 Å². The van der Waals surface area contributed by atoms with Gasteiger partial charge < -0.3 is 9.80 Å². The Morgan fingerprint density at radius 2 is 1.79 bits per heavy atom. The first-order chi connectivity index (χ1) is 9.15. The minimum absolute atomic E-state index is 0.308. The highest BCUT2D eigenvalue weighted by molar-refractivity contribution is 5.77. The first kappa shape index (κ1) is 14.6. The van der Waals surface area contributed by atoms with Crippen LogP contribution in [0.15, 0.2) is 12.2 Å². The summed E-state index contributed by atoms with van der Waals surface area (Å²) in [5.74, 6) is 0.308. The van der Waals surface area contributed by atoms with Crippen molar-refractivity contribution in [3.63, 3.8) is 0 Å². The van der Waals surface area contributed by atoms with Gasteiger partial charge in [-0.1, -0.05) is 12.2 Å². The number of amides is 1. The van der Waals surface area contributed by atoms with Crippen molar-refractivity contribution in [2.24, 2.45) is 5.41 Å². The lowest BCUT2D eigenvalue weighted by molar-refractivity contribution is -0.130. The number of carbonyl (C=O) groups is 1. The fourth-order valence-electron chi connectivity index (χ4n) is 3.44. The molecule has 0 aliphatic carbocycles. The zero-order chi connectivity index (χ0) is 13.7. The van der Waals surface area contributed by atoms with E-state index in [1.807, 2.05) is 19.1 Å². The SMILES string of the molecule is C/C=C/CC(=O)N1CCCC2(CCN(C)CC2)CC1. The van der Waals surface area contributed by atoms with Crippen LogP contribution in [0.3, 0.4) is 0 Å². The van der Waals surface area contributed by atoms with E-state index in [-0.39, 0.29) is 0 Å². The summed E-state index contributed by atoms with van der Waals surface area (Å²) in [7, 11) is 2.22. The zero-order valence-corrected chi connectivity index (χ0v) is 12.5. The molecule has 108 valence electrons. The first-order valence-corrected chi connectivity index (χ1v) is 7.73. The number of rotatable bonds is 2. The number of nitrogens with zero attached hydrogens (tertiary/aromatic N) is 2. The minimum atomic E-state index is 0.308. The van der Waals surface area contributed by atoms with E-state index in [9.17, 15) is 4.79 Å². The fraction of sp³-hybridized carbons (Fsp3) is 0.812. The summed E-state index contributed by atoms with van der Waals surface area (Å²) >= 11 is 0. The van der Waals surface area contributed by atoms with E-state index < -0.39 is 0 Å². The molecular weight excluding hydrogens is 236 g/mol. The molecule has 19 heavy (non-hydrogen) atoms. The molecule has 2 saturated heterocycles. The minimum Gasteiger partial charge on any atom is -0.342 e. The molecule has 2 aliphatic heterocycles. The molecule has 0 aromatic carbocycles. The zero-order valence-electron chi connectivity index (χ0n) is 12.5. The van der Waals surface area contributed by atoms with Crippen molar-refractivity contribution >= 4 is 5.91 Å². The van der Waals surface area contributed by atoms with E-state index >= 15 is 0 Å². The molecular formula is C16H28N2O. The largest absolute Gasteiger partial charge is 0.342 e. The maximum absolute atomic E-state index is 12.1. The van der Waals surface area contributed by atoms with Crippen LogP contribution in [0.25, 0.3) is 0 Å². The second kappa shape index (κ2) is 6.56. The molecule has 2 fully saturated rings. The van der Waals surface area contributed by atoms with Crippen molar-refractivity contribution in [1.82, 2.24) is 9.80 Å². The van der Waals surface area contributed by atoms with Crippen LogP contribution in [0.5, 0.6) is 0 Å². The molecule has 0 aromatic rings. The molecule has 0 aromatic heterocycles. The van der Waals surface area contributed by atoms with Crippen molar-refractivity contribution in [2.45, 2.75) is 45.4 Å². The normalized spacial score (nSPS) is 24.8. The van der Waals surface area contributed by atoms with Gasteiger partial charge in [0.1, 0.15) is 0 Å². The van der Waals surface area contributed by atoms with Crippen LogP contribution in [0.4, 0.5) is 0 Å². The van der Waals surface area contributed by atoms with Gasteiger partial charge in [0.15, 0.2) is 0 Å². The Kier molecular flexibility index (Phi) is 5.03. The summed E-state index contributed by atoms with van der Waals surface area (Å²) in [4.78, 5) is 16.6. The molecule has 0 unspecified atom stereocenters. The lowest BCUT2D eigenvalue weighted by Gasteiger charge is -2.40. The van der Waals surface area contributed by atoms with E-state index in [1.54, 1.807) is 0 Å². The maximum Gasteiger partial charge on any atom is 0.226 e. The maximum atomic E-state index is 12.1. The van der Waals surface area contributed by atoms with Gasteiger partial charge >= 0.3 is 0 Å². The van der Waals surface area contributed by atoms with Crippen molar-refractivity contribution in [3.8, 4) is 0 Å². The first-order valence-electron chi connectivity index (χ1n) is 7.73. The number of likely N-dealkylation sites (tertiary alicyclic amines) is 2. The highest BCUT2D eigenvalue weighted by Crippen LogP contribution is 2.40. The number of allylic oxidation sites excluding steroid dienone is 1. The fourth-order valence-corrected chi connectivity index (χ4v) is 3.44. The molecule has 2 heterocycles. The van der Waals surface area contributed by atoms with Crippen LogP contribution in [0, 0.1) is 5.41 Å². The van der Waals surface area contributed by atoms with Gasteiger partial charge in [-0.05, 0) is 64.6 Å². The third-order valence-corrected chi connectivity index (χ3v) is 4.98. The molecule has 0 N–H and O–H groups in total. The monoisotopic (exact) mass is 264 g/mol. The van der Waals surface area contributed by atoms with Gasteiger partial charge in [0.05, 0.1) is 0 Å². The quantitative estimate of drug-likeness (QED) is 0.716. The van der Waals surface area contributed by atoms with Crippen molar-refractivity contribution in [1.29, 1.82) is 0 Å². The average Bonchev–Trinajstić information content (AvgIpc) is 2.63. The second-order valence-corrected chi connectivity index (χ2v) is 6.31. The Balaban J connectivity index is 1.89. The average molecular weight is 264 g/mol. The Labute approximate surface area is 117 Å². The molecule has 0 bridgehead atoms. The molecule has 2 rings (SSSR count). The topological polar surface area (TPSA) is 23.6 Å². The summed E-state index contributed by atoms with van der Waals surface area (Å²) in [6.45, 7) is 6.37. The summed E-state index contributed by atoms with van der Waals surface area (Å²) in [6.07, 6.45) is 10.9. The van der Waals surface area contributed by atoms with Gasteiger partial charge in [-0.2, -0.15) is 0 Å². The summed E-state index contributed by atoms with van der Waals surface area (Å²) in [5, 5.41) is 0. The van der Waals surface area contributed by atoms with Crippen LogP contribution in [-0.2, 0) is 4.79 Å². The summed E-state index contributed by atoms with van der Waals surface area (Å²) < 4.78 is 0. The Bertz CT molecular complexity index is 330. The summed E-state index contributed by atoms with van der Waals surface area (Å²) in [6, 6.07) is 0. The van der Waals surface area contributed by atoms with Gasteiger partial charge in [-0.25, -0.2) is 0 Å². The van der Waals surface area contributed by atoms with E-state index in [2.05, 4.69) is 16.8 Å². The molecule has 3 heteroatoms. The standard InChI is InChI=1S/C16H28N2O/c1-3-4-6-15(19)18-11-5-7-16(10-14-18)8-12-17(2)13-9-16/h3-4H,5-14H2,1-2H3/b4-3+. The molecule has 1 spiro atoms. The molecule has 2 aliphatic rings. The van der Waals surface area contributed by atoms with Gasteiger partial charge in [0, 0.05) is 19.5 Å². The number of hydrogen-bond donors (Lipinski definition) is 0. The predicted octanol–water partition coefficient (Wildman–Crippen LogP) is 2.68. The van der Waals surface area contributed by atoms with Gasteiger partial charge in [-0.3, -0.25) is 4.79 Å². The van der Waals surface area contributed by atoms with Crippen molar-refractivity contribution in [3.05, 3.63) is 12.2 Å². The molecule has 3 nitrogen and oxygen atoms in total. The molecule has 0 saturated carbocycles. The van der Waals surface area contributed by atoms with E-state index in [1.165, 1.54) is 45.2 Å². The number of piperidine rings is 1. The van der Waals surface area contributed by atoms with Gasteiger partial charge in [-0.15, -0.1) is 0 Å². The third-order valence-electron chi connectivity index (χ3n) is 4.98. The highest BCUT2D eigenvalue weighted by Gasteiger charge is 2.35. The van der Waals surface area contributed by atoms with E-state index in [0.29, 0.717) is 17.7 Å². The molecule has 1 amide bonds. The van der Waals surface area contributed by atoms with Gasteiger partial charge in [0.25, 0.3) is 0 Å².